The molecule has 0 aliphatic carbocycles. The van der Waals surface area contributed by atoms with E-state index < -0.39 is 0 Å². The van der Waals surface area contributed by atoms with Crippen LogP contribution >= 0.6 is 0 Å². The Balaban J connectivity index is 2.16. The number of rotatable bonds is 4. The Morgan fingerprint density at radius 1 is 1.41 bits per heavy atom. The Labute approximate surface area is 99.6 Å². The number of nitrogens with one attached hydrogen (secondary N) is 1. The first-order chi connectivity index (χ1) is 8.22. The van der Waals surface area contributed by atoms with Gasteiger partial charge in [0.1, 0.15) is 6.04 Å². The summed E-state index contributed by atoms with van der Waals surface area (Å²) in [5.74, 6) is -0.280. The summed E-state index contributed by atoms with van der Waals surface area (Å²) in [7, 11) is 0. The summed E-state index contributed by atoms with van der Waals surface area (Å²) >= 11 is 0. The second-order valence-electron chi connectivity index (χ2n) is 4.06. The lowest BCUT2D eigenvalue weighted by molar-refractivity contribution is -0.119. The summed E-state index contributed by atoms with van der Waals surface area (Å²) in [5.41, 5.74) is 7.06. The van der Waals surface area contributed by atoms with Crippen molar-refractivity contribution >= 4 is 23.7 Å². The number of anilines is 2. The number of carbonyl (C=O) groups excluding carboxylic acids is 2. The van der Waals surface area contributed by atoms with Gasteiger partial charge >= 0.3 is 0 Å². The summed E-state index contributed by atoms with van der Waals surface area (Å²) in [6.07, 6.45) is 2.42. The number of amides is 2. The molecule has 1 aromatic carbocycles. The van der Waals surface area contributed by atoms with Gasteiger partial charge in [0.15, 0.2) is 0 Å². The molecule has 0 spiro atoms. The van der Waals surface area contributed by atoms with Gasteiger partial charge in [-0.05, 0) is 37.1 Å². The molecule has 0 radical (unpaired) electrons. The fourth-order valence-electron chi connectivity index (χ4n) is 2.19. The van der Waals surface area contributed by atoms with E-state index in [2.05, 4.69) is 5.32 Å². The molecule has 1 atom stereocenters. The average molecular weight is 233 g/mol. The average Bonchev–Trinajstić information content (AvgIpc) is 2.79. The Hall–Kier alpha value is -2.04. The Kier molecular flexibility index (Phi) is 3.27. The molecule has 1 aliphatic heterocycles. The molecule has 1 saturated heterocycles. The zero-order valence-corrected chi connectivity index (χ0v) is 9.43. The summed E-state index contributed by atoms with van der Waals surface area (Å²) in [6, 6.07) is 7.17. The smallest absolute Gasteiger partial charge is 0.240 e. The minimum Gasteiger partial charge on any atom is -0.368 e. The quantitative estimate of drug-likeness (QED) is 0.752. The maximum Gasteiger partial charge on any atom is 0.240 e. The Morgan fingerprint density at radius 3 is 2.71 bits per heavy atom. The molecular formula is C12H15N3O2. The SMILES string of the molecule is NC(=O)C1CCCN1c1ccc(NC=O)cc1. The first-order valence-electron chi connectivity index (χ1n) is 5.58. The first kappa shape index (κ1) is 11.4. The molecule has 1 aromatic rings. The van der Waals surface area contributed by atoms with Gasteiger partial charge in [0.2, 0.25) is 12.3 Å². The van der Waals surface area contributed by atoms with Gasteiger partial charge in [0.05, 0.1) is 0 Å². The van der Waals surface area contributed by atoms with E-state index in [4.69, 9.17) is 5.73 Å². The minimum atomic E-state index is -0.280. The second kappa shape index (κ2) is 4.86. The molecule has 1 aliphatic rings. The van der Waals surface area contributed by atoms with Crippen LogP contribution in [0.3, 0.4) is 0 Å². The Bertz CT molecular complexity index is 416. The lowest BCUT2D eigenvalue weighted by atomic mass is 10.2. The van der Waals surface area contributed by atoms with Crippen LogP contribution in [-0.2, 0) is 9.59 Å². The third-order valence-electron chi connectivity index (χ3n) is 3.01. The number of hydrogen-bond acceptors (Lipinski definition) is 3. The fraction of sp³-hybridized carbons (Fsp3) is 0.333. The van der Waals surface area contributed by atoms with Crippen molar-refractivity contribution in [2.24, 2.45) is 5.73 Å². The molecule has 0 saturated carbocycles. The van der Waals surface area contributed by atoms with Crippen LogP contribution in [0, 0.1) is 0 Å². The molecule has 0 aromatic heterocycles. The van der Waals surface area contributed by atoms with E-state index in [0.29, 0.717) is 6.41 Å². The van der Waals surface area contributed by atoms with Crippen LogP contribution < -0.4 is 16.0 Å². The van der Waals surface area contributed by atoms with Crippen molar-refractivity contribution in [3.63, 3.8) is 0 Å². The van der Waals surface area contributed by atoms with Gasteiger partial charge in [0, 0.05) is 17.9 Å². The van der Waals surface area contributed by atoms with Gasteiger partial charge in [-0.15, -0.1) is 0 Å². The zero-order valence-electron chi connectivity index (χ0n) is 9.43. The van der Waals surface area contributed by atoms with E-state index in [1.165, 1.54) is 0 Å². The topological polar surface area (TPSA) is 75.4 Å². The highest BCUT2D eigenvalue weighted by atomic mass is 16.1. The standard InChI is InChI=1S/C12H15N3O2/c13-12(17)11-2-1-7-15(11)10-5-3-9(4-6-10)14-8-16/h3-6,8,11H,1-2,7H2,(H2,13,17)(H,14,16). The third-order valence-corrected chi connectivity index (χ3v) is 3.01. The number of nitrogens with two attached hydrogens (primary N) is 1. The van der Waals surface area contributed by atoms with E-state index in [9.17, 15) is 9.59 Å². The van der Waals surface area contributed by atoms with Gasteiger partial charge in [0.25, 0.3) is 0 Å². The highest BCUT2D eigenvalue weighted by molar-refractivity contribution is 5.84. The van der Waals surface area contributed by atoms with E-state index in [1.807, 2.05) is 17.0 Å². The summed E-state index contributed by atoms with van der Waals surface area (Å²) in [5, 5.41) is 2.57. The van der Waals surface area contributed by atoms with Gasteiger partial charge < -0.3 is 16.0 Å². The molecule has 1 heterocycles. The predicted molar refractivity (Wildman–Crippen MR) is 65.7 cm³/mol. The minimum absolute atomic E-state index is 0.208. The van der Waals surface area contributed by atoms with E-state index in [-0.39, 0.29) is 11.9 Å². The lowest BCUT2D eigenvalue weighted by Crippen LogP contribution is -2.40. The van der Waals surface area contributed by atoms with Crippen molar-refractivity contribution in [3.05, 3.63) is 24.3 Å². The normalized spacial score (nSPS) is 19.1. The fourth-order valence-corrected chi connectivity index (χ4v) is 2.19. The molecular weight excluding hydrogens is 218 g/mol. The number of primary amides is 1. The molecule has 2 amide bonds. The molecule has 5 nitrogen and oxygen atoms in total. The van der Waals surface area contributed by atoms with Crippen LogP contribution in [0.25, 0.3) is 0 Å². The summed E-state index contributed by atoms with van der Waals surface area (Å²) in [4.78, 5) is 23.6. The van der Waals surface area contributed by atoms with Crippen LogP contribution in [0.4, 0.5) is 11.4 Å². The number of carbonyl (C=O) groups is 2. The van der Waals surface area contributed by atoms with Crippen LogP contribution in [0.5, 0.6) is 0 Å². The zero-order chi connectivity index (χ0) is 12.3. The predicted octanol–water partition coefficient (Wildman–Crippen LogP) is 0.709. The van der Waals surface area contributed by atoms with Crippen molar-refractivity contribution in [2.45, 2.75) is 18.9 Å². The molecule has 17 heavy (non-hydrogen) atoms. The van der Waals surface area contributed by atoms with Crippen molar-refractivity contribution in [3.8, 4) is 0 Å². The summed E-state index contributed by atoms with van der Waals surface area (Å²) in [6.45, 7) is 0.841. The molecule has 90 valence electrons. The summed E-state index contributed by atoms with van der Waals surface area (Å²) < 4.78 is 0. The Morgan fingerprint density at radius 2 is 2.12 bits per heavy atom. The van der Waals surface area contributed by atoms with Crippen molar-refractivity contribution in [1.29, 1.82) is 0 Å². The van der Waals surface area contributed by atoms with Crippen LogP contribution in [0.1, 0.15) is 12.8 Å². The molecule has 1 unspecified atom stereocenters. The highest BCUT2D eigenvalue weighted by Crippen LogP contribution is 2.26. The van der Waals surface area contributed by atoms with Crippen LogP contribution in [0.15, 0.2) is 24.3 Å². The number of benzene rings is 1. The number of nitrogens with zero attached hydrogens (tertiary/aromatic N) is 1. The monoisotopic (exact) mass is 233 g/mol. The van der Waals surface area contributed by atoms with Gasteiger partial charge in [-0.3, -0.25) is 9.59 Å². The molecule has 2 rings (SSSR count). The van der Waals surface area contributed by atoms with Gasteiger partial charge in [-0.2, -0.15) is 0 Å². The van der Waals surface area contributed by atoms with Crippen LogP contribution in [0.2, 0.25) is 0 Å². The van der Waals surface area contributed by atoms with Gasteiger partial charge in [-0.25, -0.2) is 0 Å². The van der Waals surface area contributed by atoms with Crippen molar-refractivity contribution in [1.82, 2.24) is 0 Å². The van der Waals surface area contributed by atoms with E-state index in [1.54, 1.807) is 12.1 Å². The van der Waals surface area contributed by atoms with Crippen molar-refractivity contribution in [2.75, 3.05) is 16.8 Å². The lowest BCUT2D eigenvalue weighted by Gasteiger charge is -2.24. The largest absolute Gasteiger partial charge is 0.368 e. The molecule has 1 fully saturated rings. The first-order valence-corrected chi connectivity index (χ1v) is 5.58. The third kappa shape index (κ3) is 2.38. The van der Waals surface area contributed by atoms with E-state index in [0.717, 1.165) is 30.8 Å². The molecule has 0 bridgehead atoms. The van der Waals surface area contributed by atoms with Crippen LogP contribution in [-0.4, -0.2) is 24.9 Å². The molecule has 5 heteroatoms. The van der Waals surface area contributed by atoms with Gasteiger partial charge in [-0.1, -0.05) is 0 Å². The van der Waals surface area contributed by atoms with E-state index >= 15 is 0 Å². The number of hydrogen-bond donors (Lipinski definition) is 2. The maximum atomic E-state index is 11.3. The second-order valence-corrected chi connectivity index (χ2v) is 4.06. The maximum absolute atomic E-state index is 11.3. The highest BCUT2D eigenvalue weighted by Gasteiger charge is 2.28. The van der Waals surface area contributed by atoms with Crippen molar-refractivity contribution < 1.29 is 9.59 Å². The molecule has 3 N–H and O–H groups in total.